The lowest BCUT2D eigenvalue weighted by Gasteiger charge is -2.28. The van der Waals surface area contributed by atoms with Gasteiger partial charge in [0.15, 0.2) is 0 Å². The van der Waals surface area contributed by atoms with Gasteiger partial charge >= 0.3 is 0 Å². The lowest BCUT2D eigenvalue weighted by molar-refractivity contribution is 0.286. The first kappa shape index (κ1) is 13.9. The summed E-state index contributed by atoms with van der Waals surface area (Å²) < 4.78 is 0. The van der Waals surface area contributed by atoms with Gasteiger partial charge in [-0.05, 0) is 65.8 Å². The summed E-state index contributed by atoms with van der Waals surface area (Å²) in [7, 11) is 1.44. The molecule has 4 unspecified atom stereocenters. The fourth-order valence-electron chi connectivity index (χ4n) is 4.57. The van der Waals surface area contributed by atoms with E-state index in [1.165, 1.54) is 42.3 Å². The van der Waals surface area contributed by atoms with Crippen LogP contribution in [0.4, 0.5) is 0 Å². The van der Waals surface area contributed by atoms with Crippen molar-refractivity contribution in [3.05, 3.63) is 22.4 Å². The molecule has 2 heteroatoms. The molecule has 0 radical (unpaired) electrons. The Bertz CT molecular complexity index is 373. The second-order valence-corrected chi connectivity index (χ2v) is 9.67. The summed E-state index contributed by atoms with van der Waals surface area (Å²) in [6.07, 6.45) is 13.7. The molecule has 1 aromatic rings. The highest BCUT2D eigenvalue weighted by atomic mass is 32.1. The highest BCUT2D eigenvalue weighted by molar-refractivity contribution is 7.07. The lowest BCUT2D eigenvalue weighted by Crippen LogP contribution is -2.15. The zero-order chi connectivity index (χ0) is 13.1. The predicted octanol–water partition coefficient (Wildman–Crippen LogP) is 4.44. The fourth-order valence-corrected chi connectivity index (χ4v) is 6.32. The van der Waals surface area contributed by atoms with Crippen LogP contribution >= 0.6 is 11.3 Å². The fraction of sp³-hybridized carbons (Fsp3) is 0.765. The van der Waals surface area contributed by atoms with Crippen LogP contribution in [0, 0.1) is 17.8 Å². The van der Waals surface area contributed by atoms with Gasteiger partial charge in [0.1, 0.15) is 0 Å². The number of rotatable bonds is 4. The van der Waals surface area contributed by atoms with Crippen LogP contribution < -0.4 is 0 Å². The van der Waals surface area contributed by atoms with Crippen LogP contribution in [-0.2, 0) is 6.42 Å². The summed E-state index contributed by atoms with van der Waals surface area (Å²) in [5.74, 6) is 3.16. The second kappa shape index (κ2) is 6.58. The molecule has 0 saturated heterocycles. The molecule has 0 N–H and O–H groups in total. The quantitative estimate of drug-likeness (QED) is 0.720. The molecule has 0 spiro atoms. The molecule has 0 aliphatic heterocycles. The summed E-state index contributed by atoms with van der Waals surface area (Å²) in [4.78, 5) is 0. The summed E-state index contributed by atoms with van der Waals surface area (Å²) in [6.45, 7) is 0. The molecule has 1 aromatic heterocycles. The predicted molar refractivity (Wildman–Crippen MR) is 89.1 cm³/mol. The molecule has 106 valence electrons. The van der Waals surface area contributed by atoms with Crippen molar-refractivity contribution in [2.45, 2.75) is 63.3 Å². The Labute approximate surface area is 125 Å². The summed E-state index contributed by atoms with van der Waals surface area (Å²) in [5, 5.41) is 4.58. The van der Waals surface area contributed by atoms with Crippen molar-refractivity contribution in [3.63, 3.8) is 0 Å². The van der Waals surface area contributed by atoms with E-state index in [-0.39, 0.29) is 0 Å². The van der Waals surface area contributed by atoms with Gasteiger partial charge in [0.05, 0.1) is 0 Å². The van der Waals surface area contributed by atoms with Crippen LogP contribution in [0.15, 0.2) is 16.8 Å². The maximum atomic E-state index is 2.35. The zero-order valence-electron chi connectivity index (χ0n) is 12.3. The molecule has 0 nitrogen and oxygen atoms in total. The van der Waals surface area contributed by atoms with Gasteiger partial charge in [0.2, 0.25) is 0 Å². The smallest absolute Gasteiger partial charge is 0.00674 e. The van der Waals surface area contributed by atoms with Crippen molar-refractivity contribution >= 4 is 21.6 Å². The van der Waals surface area contributed by atoms with Gasteiger partial charge in [0, 0.05) is 10.2 Å². The molecule has 1 heterocycles. The molecular formula is C17H28SSi. The first-order valence-electron chi connectivity index (χ1n) is 8.30. The van der Waals surface area contributed by atoms with Gasteiger partial charge in [-0.2, -0.15) is 11.3 Å². The average Bonchev–Trinajstić information content (AvgIpc) is 3.02. The van der Waals surface area contributed by atoms with Gasteiger partial charge in [-0.25, -0.2) is 0 Å². The van der Waals surface area contributed by atoms with Crippen molar-refractivity contribution in [1.29, 1.82) is 0 Å². The number of thiophene rings is 1. The van der Waals surface area contributed by atoms with Crippen LogP contribution in [-0.4, -0.2) is 10.2 Å². The van der Waals surface area contributed by atoms with Crippen LogP contribution in [0.2, 0.25) is 5.54 Å². The Morgan fingerprint density at radius 3 is 2.68 bits per heavy atom. The number of hydrogen-bond acceptors (Lipinski definition) is 1. The number of hydrogen-bond donors (Lipinski definition) is 0. The minimum atomic E-state index is 0.995. The monoisotopic (exact) mass is 292 g/mol. The Morgan fingerprint density at radius 2 is 1.89 bits per heavy atom. The first-order valence-corrected chi connectivity index (χ1v) is 10.4. The highest BCUT2D eigenvalue weighted by Gasteiger charge is 2.28. The summed E-state index contributed by atoms with van der Waals surface area (Å²) >= 11 is 1.86. The topological polar surface area (TPSA) is 0 Å². The Kier molecular flexibility index (Phi) is 4.81. The summed E-state index contributed by atoms with van der Waals surface area (Å²) in [5.41, 5.74) is 2.73. The van der Waals surface area contributed by atoms with Crippen LogP contribution in [0.1, 0.15) is 56.9 Å². The minimum Gasteiger partial charge on any atom is -0.152 e. The minimum absolute atomic E-state index is 0.995. The van der Waals surface area contributed by atoms with Crippen LogP contribution in [0.5, 0.6) is 0 Å². The maximum absolute atomic E-state index is 2.35. The van der Waals surface area contributed by atoms with Crippen molar-refractivity contribution in [3.8, 4) is 0 Å². The van der Waals surface area contributed by atoms with E-state index in [1.807, 2.05) is 11.3 Å². The Balaban J connectivity index is 1.44. The molecule has 4 atom stereocenters. The van der Waals surface area contributed by atoms with E-state index in [4.69, 9.17) is 0 Å². The third kappa shape index (κ3) is 3.95. The van der Waals surface area contributed by atoms with Gasteiger partial charge in [0.25, 0.3) is 0 Å². The van der Waals surface area contributed by atoms with Crippen molar-refractivity contribution < 1.29 is 0 Å². The maximum Gasteiger partial charge on any atom is 0.00674 e. The molecule has 3 rings (SSSR count). The first-order chi connectivity index (χ1) is 9.29. The molecule has 19 heavy (non-hydrogen) atoms. The molecule has 2 aliphatic carbocycles. The normalized spacial score (nSPS) is 35.8. The zero-order valence-corrected chi connectivity index (χ0v) is 15.1. The Hall–Kier alpha value is -0.0831. The van der Waals surface area contributed by atoms with Crippen molar-refractivity contribution in [2.24, 2.45) is 17.8 Å². The largest absolute Gasteiger partial charge is 0.152 e. The van der Waals surface area contributed by atoms with Crippen molar-refractivity contribution in [1.82, 2.24) is 0 Å². The highest BCUT2D eigenvalue weighted by Crippen LogP contribution is 2.41. The lowest BCUT2D eigenvalue weighted by atomic mass is 9.81. The molecule has 0 bridgehead atoms. The molecule has 0 aromatic carbocycles. The third-order valence-corrected chi connectivity index (χ3v) is 7.25. The van der Waals surface area contributed by atoms with Gasteiger partial charge in [-0.15, -0.1) is 0 Å². The van der Waals surface area contributed by atoms with E-state index in [2.05, 4.69) is 16.8 Å². The van der Waals surface area contributed by atoms with Crippen molar-refractivity contribution in [2.75, 3.05) is 0 Å². The van der Waals surface area contributed by atoms with E-state index >= 15 is 0 Å². The molecule has 2 fully saturated rings. The average molecular weight is 293 g/mol. The van der Waals surface area contributed by atoms with Gasteiger partial charge in [-0.3, -0.25) is 0 Å². The van der Waals surface area contributed by atoms with E-state index in [0.717, 1.165) is 23.3 Å². The standard InChI is InChI=1S/C17H28SSi/c19-17-3-1-2-13(11-17)8-14-4-5-15(9-14)10-16-6-7-18-12-16/h6-7,12-15,17H,1-5,8-11H2,19H3. The molecule has 2 saturated carbocycles. The van der Waals surface area contributed by atoms with Crippen LogP contribution in [0.3, 0.4) is 0 Å². The summed E-state index contributed by atoms with van der Waals surface area (Å²) in [6, 6.07) is 2.32. The Morgan fingerprint density at radius 1 is 1.05 bits per heavy atom. The van der Waals surface area contributed by atoms with Crippen LogP contribution in [0.25, 0.3) is 0 Å². The molecule has 0 amide bonds. The van der Waals surface area contributed by atoms with E-state index in [9.17, 15) is 0 Å². The SMILES string of the molecule is [SiH3]C1CCCC(CC2CCC(Cc3ccsc3)C2)C1. The van der Waals surface area contributed by atoms with E-state index in [1.54, 1.807) is 31.2 Å². The second-order valence-electron chi connectivity index (χ2n) is 7.25. The molecular weight excluding hydrogens is 264 g/mol. The van der Waals surface area contributed by atoms with E-state index < -0.39 is 0 Å². The van der Waals surface area contributed by atoms with Gasteiger partial charge in [-0.1, -0.05) is 37.6 Å². The molecule has 2 aliphatic rings. The van der Waals surface area contributed by atoms with Gasteiger partial charge < -0.3 is 0 Å². The third-order valence-electron chi connectivity index (χ3n) is 5.47. The van der Waals surface area contributed by atoms with E-state index in [0.29, 0.717) is 0 Å².